The first-order valence-electron chi connectivity index (χ1n) is 12.9. The summed E-state index contributed by atoms with van der Waals surface area (Å²) in [5.41, 5.74) is 3.66. The standard InChI is InChI=1S/C31H32ClN3O2S/c32-28-16-18-29(19-17-28)38(36,37)33-24-30(25-10-4-1-5-11-25)34-20-22-35(23-21-34)31(26-12-6-2-7-13-26)27-14-8-3-9-15-27/h1-19,30-31,33H,20-24H2. The van der Waals surface area contributed by atoms with E-state index < -0.39 is 10.0 Å². The number of nitrogens with zero attached hydrogens (tertiary/aromatic N) is 2. The van der Waals surface area contributed by atoms with Crippen LogP contribution >= 0.6 is 11.6 Å². The molecule has 0 aromatic heterocycles. The third-order valence-electron chi connectivity index (χ3n) is 7.16. The molecule has 1 atom stereocenters. The van der Waals surface area contributed by atoms with E-state index in [1.165, 1.54) is 23.3 Å². The zero-order valence-electron chi connectivity index (χ0n) is 21.2. The highest BCUT2D eigenvalue weighted by atomic mass is 35.5. The molecule has 1 N–H and O–H groups in total. The highest BCUT2D eigenvalue weighted by Gasteiger charge is 2.30. The predicted octanol–water partition coefficient (Wildman–Crippen LogP) is 5.77. The van der Waals surface area contributed by atoms with E-state index in [9.17, 15) is 8.42 Å². The van der Waals surface area contributed by atoms with Crippen LogP contribution in [-0.4, -0.2) is 50.9 Å². The molecule has 196 valence electrons. The fourth-order valence-electron chi connectivity index (χ4n) is 5.21. The molecule has 7 heteroatoms. The maximum absolute atomic E-state index is 13.0. The van der Waals surface area contributed by atoms with Gasteiger partial charge in [-0.15, -0.1) is 0 Å². The Kier molecular flexibility index (Phi) is 8.57. The van der Waals surface area contributed by atoms with Gasteiger partial charge in [0.05, 0.1) is 10.9 Å². The van der Waals surface area contributed by atoms with Gasteiger partial charge in [-0.3, -0.25) is 9.80 Å². The Morgan fingerprint density at radius 2 is 1.08 bits per heavy atom. The fraction of sp³-hybridized carbons (Fsp3) is 0.226. The summed E-state index contributed by atoms with van der Waals surface area (Å²) in [4.78, 5) is 5.14. The Balaban J connectivity index is 1.33. The molecule has 1 heterocycles. The summed E-state index contributed by atoms with van der Waals surface area (Å²) < 4.78 is 28.9. The Bertz CT molecular complexity index is 1350. The summed E-state index contributed by atoms with van der Waals surface area (Å²) in [6, 6.07) is 37.8. The molecule has 0 amide bonds. The Hall–Kier alpha value is -3.00. The molecule has 5 rings (SSSR count). The van der Waals surface area contributed by atoms with Crippen molar-refractivity contribution in [2.45, 2.75) is 17.0 Å². The van der Waals surface area contributed by atoms with Crippen molar-refractivity contribution in [3.8, 4) is 0 Å². The van der Waals surface area contributed by atoms with E-state index in [2.05, 4.69) is 87.3 Å². The van der Waals surface area contributed by atoms with Crippen molar-refractivity contribution in [3.05, 3.63) is 137 Å². The molecule has 38 heavy (non-hydrogen) atoms. The van der Waals surface area contributed by atoms with Crippen LogP contribution < -0.4 is 4.72 Å². The van der Waals surface area contributed by atoms with Gasteiger partial charge in [0.25, 0.3) is 0 Å². The number of hydrogen-bond donors (Lipinski definition) is 1. The molecule has 0 saturated carbocycles. The van der Waals surface area contributed by atoms with Gasteiger partial charge in [-0.1, -0.05) is 103 Å². The summed E-state index contributed by atoms with van der Waals surface area (Å²) in [6.45, 7) is 3.70. The second-order valence-corrected chi connectivity index (χ2v) is 11.7. The van der Waals surface area contributed by atoms with E-state index in [0.717, 1.165) is 31.7 Å². The lowest BCUT2D eigenvalue weighted by Crippen LogP contribution is -2.50. The van der Waals surface area contributed by atoms with E-state index in [-0.39, 0.29) is 23.5 Å². The monoisotopic (exact) mass is 545 g/mol. The molecular weight excluding hydrogens is 514 g/mol. The third-order valence-corrected chi connectivity index (χ3v) is 8.85. The first kappa shape index (κ1) is 26.6. The summed E-state index contributed by atoms with van der Waals surface area (Å²) in [5, 5.41) is 0.508. The molecule has 0 spiro atoms. The van der Waals surface area contributed by atoms with Gasteiger partial charge in [0, 0.05) is 43.8 Å². The van der Waals surface area contributed by atoms with Crippen molar-refractivity contribution >= 4 is 21.6 Å². The number of halogens is 1. The van der Waals surface area contributed by atoms with Crippen LogP contribution in [0, 0.1) is 0 Å². The fourth-order valence-corrected chi connectivity index (χ4v) is 6.38. The number of piperazine rings is 1. The van der Waals surface area contributed by atoms with Crippen molar-refractivity contribution in [3.63, 3.8) is 0 Å². The quantitative estimate of drug-likeness (QED) is 0.290. The van der Waals surface area contributed by atoms with E-state index in [1.807, 2.05) is 18.2 Å². The highest BCUT2D eigenvalue weighted by Crippen LogP contribution is 2.31. The van der Waals surface area contributed by atoms with Crippen LogP contribution in [0.3, 0.4) is 0 Å². The lowest BCUT2D eigenvalue weighted by molar-refractivity contribution is 0.0796. The lowest BCUT2D eigenvalue weighted by atomic mass is 9.96. The summed E-state index contributed by atoms with van der Waals surface area (Å²) in [5.74, 6) is 0. The molecule has 0 aliphatic carbocycles. The van der Waals surface area contributed by atoms with Crippen LogP contribution in [-0.2, 0) is 10.0 Å². The van der Waals surface area contributed by atoms with Gasteiger partial charge in [0.1, 0.15) is 0 Å². The minimum absolute atomic E-state index is 0.0766. The third kappa shape index (κ3) is 6.34. The van der Waals surface area contributed by atoms with E-state index in [1.54, 1.807) is 12.1 Å². The maximum atomic E-state index is 13.0. The second kappa shape index (κ2) is 12.2. The van der Waals surface area contributed by atoms with E-state index >= 15 is 0 Å². The van der Waals surface area contributed by atoms with Crippen LogP contribution in [0.2, 0.25) is 5.02 Å². The minimum atomic E-state index is -3.66. The van der Waals surface area contributed by atoms with Gasteiger partial charge in [-0.2, -0.15) is 0 Å². The maximum Gasteiger partial charge on any atom is 0.240 e. The zero-order chi connectivity index (χ0) is 26.4. The molecule has 1 fully saturated rings. The van der Waals surface area contributed by atoms with Gasteiger partial charge >= 0.3 is 0 Å². The Morgan fingerprint density at radius 1 is 0.632 bits per heavy atom. The van der Waals surface area contributed by atoms with Crippen LogP contribution in [0.5, 0.6) is 0 Å². The smallest absolute Gasteiger partial charge is 0.240 e. The number of nitrogens with one attached hydrogen (secondary N) is 1. The predicted molar refractivity (Wildman–Crippen MR) is 154 cm³/mol. The summed E-state index contributed by atoms with van der Waals surface area (Å²) in [7, 11) is -3.66. The van der Waals surface area contributed by atoms with Crippen LogP contribution in [0.4, 0.5) is 0 Å². The van der Waals surface area contributed by atoms with Gasteiger partial charge in [-0.25, -0.2) is 13.1 Å². The molecule has 0 bridgehead atoms. The molecule has 4 aromatic carbocycles. The summed E-state index contributed by atoms with van der Waals surface area (Å²) in [6.07, 6.45) is 0. The van der Waals surface area contributed by atoms with Crippen molar-refractivity contribution in [1.29, 1.82) is 0 Å². The summed E-state index contributed by atoms with van der Waals surface area (Å²) >= 11 is 5.96. The van der Waals surface area contributed by atoms with Crippen LogP contribution in [0.25, 0.3) is 0 Å². The van der Waals surface area contributed by atoms with Crippen molar-refractivity contribution < 1.29 is 8.42 Å². The largest absolute Gasteiger partial charge is 0.292 e. The van der Waals surface area contributed by atoms with E-state index in [0.29, 0.717) is 5.02 Å². The average Bonchev–Trinajstić information content (AvgIpc) is 2.96. The van der Waals surface area contributed by atoms with Crippen molar-refractivity contribution in [1.82, 2.24) is 14.5 Å². The van der Waals surface area contributed by atoms with E-state index in [4.69, 9.17) is 11.6 Å². The molecular formula is C31H32ClN3O2S. The molecule has 1 unspecified atom stereocenters. The Labute approximate surface area is 230 Å². The second-order valence-electron chi connectivity index (χ2n) is 9.53. The molecule has 5 nitrogen and oxygen atoms in total. The van der Waals surface area contributed by atoms with Gasteiger partial charge in [-0.05, 0) is 41.0 Å². The molecule has 0 radical (unpaired) electrons. The Morgan fingerprint density at radius 3 is 1.58 bits per heavy atom. The highest BCUT2D eigenvalue weighted by molar-refractivity contribution is 7.89. The molecule has 1 aliphatic rings. The lowest BCUT2D eigenvalue weighted by Gasteiger charge is -2.43. The number of benzene rings is 4. The SMILES string of the molecule is O=S(=O)(NCC(c1ccccc1)N1CCN(C(c2ccccc2)c2ccccc2)CC1)c1ccc(Cl)cc1. The average molecular weight is 546 g/mol. The molecule has 4 aromatic rings. The first-order valence-corrected chi connectivity index (χ1v) is 14.8. The van der Waals surface area contributed by atoms with Gasteiger partial charge < -0.3 is 0 Å². The molecule has 1 saturated heterocycles. The number of rotatable bonds is 9. The molecule has 1 aliphatic heterocycles. The van der Waals surface area contributed by atoms with Crippen molar-refractivity contribution in [2.75, 3.05) is 32.7 Å². The zero-order valence-corrected chi connectivity index (χ0v) is 22.7. The topological polar surface area (TPSA) is 52.7 Å². The normalized spacial score (nSPS) is 15.9. The first-order chi connectivity index (χ1) is 18.5. The number of sulfonamides is 1. The number of hydrogen-bond acceptors (Lipinski definition) is 4. The van der Waals surface area contributed by atoms with Crippen molar-refractivity contribution in [2.24, 2.45) is 0 Å². The van der Waals surface area contributed by atoms with Crippen LogP contribution in [0.15, 0.2) is 120 Å². The van der Waals surface area contributed by atoms with Gasteiger partial charge in [0.15, 0.2) is 0 Å². The minimum Gasteiger partial charge on any atom is -0.292 e. The van der Waals surface area contributed by atoms with Gasteiger partial charge in [0.2, 0.25) is 10.0 Å². The van der Waals surface area contributed by atoms with Crippen LogP contribution in [0.1, 0.15) is 28.8 Å².